The number of aromatic nitrogens is 2. The van der Waals surface area contributed by atoms with Crippen LogP contribution in [0.15, 0.2) is 18.3 Å². The van der Waals surface area contributed by atoms with Crippen LogP contribution in [-0.4, -0.2) is 9.38 Å². The lowest BCUT2D eigenvalue weighted by molar-refractivity contribution is -0.137. The van der Waals surface area contributed by atoms with Gasteiger partial charge in [0.25, 0.3) is 0 Å². The zero-order valence-electron chi connectivity index (χ0n) is 8.26. The summed E-state index contributed by atoms with van der Waals surface area (Å²) < 4.78 is 38.7. The third-order valence-electron chi connectivity index (χ3n) is 2.42. The van der Waals surface area contributed by atoms with Crippen molar-refractivity contribution in [2.45, 2.75) is 20.0 Å². The van der Waals surface area contributed by atoms with Crippen LogP contribution in [-0.2, 0) is 6.18 Å². The zero-order valence-corrected chi connectivity index (χ0v) is 8.26. The monoisotopic (exact) mass is 214 g/mol. The highest BCUT2D eigenvalue weighted by Crippen LogP contribution is 2.29. The Morgan fingerprint density at radius 3 is 2.47 bits per heavy atom. The van der Waals surface area contributed by atoms with Crippen molar-refractivity contribution in [2.24, 2.45) is 0 Å². The Labute approximate surface area is 84.4 Å². The number of hydrogen-bond acceptors (Lipinski definition) is 1. The fourth-order valence-electron chi connectivity index (χ4n) is 1.45. The predicted molar refractivity (Wildman–Crippen MR) is 49.7 cm³/mol. The van der Waals surface area contributed by atoms with Crippen LogP contribution < -0.4 is 0 Å². The Hall–Kier alpha value is -1.52. The smallest absolute Gasteiger partial charge is 0.303 e. The van der Waals surface area contributed by atoms with Crippen molar-refractivity contribution < 1.29 is 13.2 Å². The molecule has 0 saturated carbocycles. The number of halogens is 3. The largest absolute Gasteiger partial charge is 0.417 e. The molecule has 2 rings (SSSR count). The molecule has 2 aromatic rings. The molecule has 0 N–H and O–H groups in total. The van der Waals surface area contributed by atoms with E-state index in [-0.39, 0.29) is 0 Å². The van der Waals surface area contributed by atoms with Crippen molar-refractivity contribution >= 4 is 5.65 Å². The van der Waals surface area contributed by atoms with E-state index in [9.17, 15) is 13.2 Å². The number of nitrogens with zero attached hydrogens (tertiary/aromatic N) is 2. The van der Waals surface area contributed by atoms with Crippen molar-refractivity contribution in [3.8, 4) is 0 Å². The van der Waals surface area contributed by atoms with Gasteiger partial charge in [0.05, 0.1) is 11.3 Å². The molecule has 80 valence electrons. The summed E-state index contributed by atoms with van der Waals surface area (Å²) in [6, 6.07) is 2.42. The standard InChI is InChI=1S/C10H9F3N2/c1-6-7(2)15-5-8(10(11,12)13)3-4-9(15)14-6/h3-5H,1-2H3. The number of aryl methyl sites for hydroxylation is 2. The lowest BCUT2D eigenvalue weighted by Crippen LogP contribution is -2.06. The minimum atomic E-state index is -4.31. The summed E-state index contributed by atoms with van der Waals surface area (Å²) in [6.45, 7) is 3.52. The highest BCUT2D eigenvalue weighted by Gasteiger charge is 2.31. The quantitative estimate of drug-likeness (QED) is 0.659. The molecule has 15 heavy (non-hydrogen) atoms. The summed E-state index contributed by atoms with van der Waals surface area (Å²) in [4.78, 5) is 4.13. The van der Waals surface area contributed by atoms with Gasteiger partial charge in [0, 0.05) is 11.9 Å². The van der Waals surface area contributed by atoms with Crippen molar-refractivity contribution in [1.82, 2.24) is 9.38 Å². The van der Waals surface area contributed by atoms with Gasteiger partial charge in [-0.15, -0.1) is 0 Å². The fraction of sp³-hybridized carbons (Fsp3) is 0.300. The van der Waals surface area contributed by atoms with Gasteiger partial charge in [-0.3, -0.25) is 0 Å². The van der Waals surface area contributed by atoms with Crippen LogP contribution in [0.4, 0.5) is 13.2 Å². The zero-order chi connectivity index (χ0) is 11.2. The molecule has 0 saturated heterocycles. The van der Waals surface area contributed by atoms with Crippen LogP contribution >= 0.6 is 0 Å². The molecule has 0 spiro atoms. The second-order valence-electron chi connectivity index (χ2n) is 3.43. The average molecular weight is 214 g/mol. The molecule has 0 aliphatic heterocycles. The molecular formula is C10H9F3N2. The van der Waals surface area contributed by atoms with Gasteiger partial charge in [0.15, 0.2) is 0 Å². The van der Waals surface area contributed by atoms with Crippen LogP contribution in [0.3, 0.4) is 0 Å². The van der Waals surface area contributed by atoms with Crippen LogP contribution in [0.1, 0.15) is 17.0 Å². The lowest BCUT2D eigenvalue weighted by atomic mass is 10.3. The molecule has 0 aromatic carbocycles. The van der Waals surface area contributed by atoms with Gasteiger partial charge in [-0.2, -0.15) is 13.2 Å². The molecule has 0 amide bonds. The summed E-state index contributed by atoms with van der Waals surface area (Å²) in [6.07, 6.45) is -3.23. The minimum absolute atomic E-state index is 0.540. The topological polar surface area (TPSA) is 17.3 Å². The van der Waals surface area contributed by atoms with E-state index in [0.717, 1.165) is 23.7 Å². The van der Waals surface area contributed by atoms with Crippen molar-refractivity contribution in [3.63, 3.8) is 0 Å². The highest BCUT2D eigenvalue weighted by atomic mass is 19.4. The van der Waals surface area contributed by atoms with Crippen LogP contribution in [0, 0.1) is 13.8 Å². The van der Waals surface area contributed by atoms with Crippen molar-refractivity contribution in [3.05, 3.63) is 35.3 Å². The van der Waals surface area contributed by atoms with Gasteiger partial charge in [0.1, 0.15) is 5.65 Å². The van der Waals surface area contributed by atoms with Gasteiger partial charge in [-0.1, -0.05) is 0 Å². The molecule has 0 unspecified atom stereocenters. The maximum atomic E-state index is 12.4. The fourth-order valence-corrected chi connectivity index (χ4v) is 1.45. The van der Waals surface area contributed by atoms with Gasteiger partial charge in [-0.05, 0) is 26.0 Å². The van der Waals surface area contributed by atoms with Gasteiger partial charge >= 0.3 is 6.18 Å². The Morgan fingerprint density at radius 1 is 1.20 bits per heavy atom. The summed E-state index contributed by atoms with van der Waals surface area (Å²) >= 11 is 0. The third-order valence-corrected chi connectivity index (χ3v) is 2.42. The first kappa shape index (κ1) is 10.0. The van der Waals surface area contributed by atoms with Crippen LogP contribution in [0.5, 0.6) is 0 Å². The number of rotatable bonds is 0. The van der Waals surface area contributed by atoms with E-state index in [0.29, 0.717) is 5.65 Å². The Morgan fingerprint density at radius 2 is 1.87 bits per heavy atom. The predicted octanol–water partition coefficient (Wildman–Crippen LogP) is 2.97. The second kappa shape index (κ2) is 2.98. The van der Waals surface area contributed by atoms with Crippen LogP contribution in [0.2, 0.25) is 0 Å². The molecule has 0 aliphatic carbocycles. The van der Waals surface area contributed by atoms with E-state index in [1.807, 2.05) is 0 Å². The second-order valence-corrected chi connectivity index (χ2v) is 3.43. The SMILES string of the molecule is Cc1nc2ccc(C(F)(F)F)cn2c1C. The maximum Gasteiger partial charge on any atom is 0.417 e. The van der Waals surface area contributed by atoms with E-state index in [2.05, 4.69) is 4.98 Å². The number of hydrogen-bond donors (Lipinski definition) is 0. The van der Waals surface area contributed by atoms with Gasteiger partial charge in [0.2, 0.25) is 0 Å². The molecular weight excluding hydrogens is 205 g/mol. The summed E-state index contributed by atoms with van der Waals surface area (Å²) in [5.74, 6) is 0. The first-order valence-electron chi connectivity index (χ1n) is 4.42. The first-order valence-corrected chi connectivity index (χ1v) is 4.42. The van der Waals surface area contributed by atoms with E-state index in [1.165, 1.54) is 10.5 Å². The summed E-state index contributed by atoms with van der Waals surface area (Å²) in [5.41, 5.74) is 1.36. The molecule has 0 fully saturated rings. The molecule has 0 radical (unpaired) electrons. The molecule has 0 atom stereocenters. The Balaban J connectivity index is 2.70. The molecule has 2 aromatic heterocycles. The first-order chi connectivity index (χ1) is 6.89. The molecule has 0 aliphatic rings. The summed E-state index contributed by atoms with van der Waals surface area (Å²) in [5, 5.41) is 0. The normalized spacial score (nSPS) is 12.3. The molecule has 0 bridgehead atoms. The van der Waals surface area contributed by atoms with Gasteiger partial charge in [-0.25, -0.2) is 4.98 Å². The Bertz CT molecular complexity index is 511. The highest BCUT2D eigenvalue weighted by molar-refractivity contribution is 5.44. The number of imidazole rings is 1. The molecule has 2 nitrogen and oxygen atoms in total. The number of pyridine rings is 1. The maximum absolute atomic E-state index is 12.4. The van der Waals surface area contributed by atoms with E-state index >= 15 is 0 Å². The minimum Gasteiger partial charge on any atom is -0.303 e. The van der Waals surface area contributed by atoms with Crippen molar-refractivity contribution in [1.29, 1.82) is 0 Å². The van der Waals surface area contributed by atoms with E-state index in [1.54, 1.807) is 13.8 Å². The summed E-state index contributed by atoms with van der Waals surface area (Å²) in [7, 11) is 0. The van der Waals surface area contributed by atoms with Crippen molar-refractivity contribution in [2.75, 3.05) is 0 Å². The lowest BCUT2D eigenvalue weighted by Gasteiger charge is -2.07. The average Bonchev–Trinajstić information content (AvgIpc) is 2.41. The van der Waals surface area contributed by atoms with E-state index in [4.69, 9.17) is 0 Å². The van der Waals surface area contributed by atoms with Gasteiger partial charge < -0.3 is 4.40 Å². The number of fused-ring (bicyclic) bond motifs is 1. The third kappa shape index (κ3) is 1.58. The molecule has 2 heterocycles. The Kier molecular flexibility index (Phi) is 1.99. The van der Waals surface area contributed by atoms with Crippen LogP contribution in [0.25, 0.3) is 5.65 Å². The molecule has 5 heteroatoms. The van der Waals surface area contributed by atoms with E-state index < -0.39 is 11.7 Å². The number of alkyl halides is 3.